The number of morpholine rings is 1. The van der Waals surface area contributed by atoms with Gasteiger partial charge >= 0.3 is 5.97 Å². The quantitative estimate of drug-likeness (QED) is 0.156. The standard InChI is InChI=1S/C43H69NO10/c1-38(2)14-16-43(37(50)52-23-20-44-18-21-51-22-19-44)17-15-41(6)26(28(43)24-38)8-9-30-40(5)12-10-27(39(3,4)29(40)11-13-42(30,41)7)31(46)35-33(48)32(47)34(49)36(54-35)53-25-45/h8,25,27-36,46-49H,9-24H2,1-7H3/t27-,28?,29?,30?,31+,32-,33?,34+,35+,36?,40+,41-,42-,43+/m1/s1. The number of allylic oxidation sites excluding steroid dienone is 2. The lowest BCUT2D eigenvalue weighted by atomic mass is 9.33. The summed E-state index contributed by atoms with van der Waals surface area (Å²) in [6.07, 6.45) is 3.33. The van der Waals surface area contributed by atoms with Gasteiger partial charge in [-0.1, -0.05) is 60.1 Å². The van der Waals surface area contributed by atoms with Crippen molar-refractivity contribution < 1.29 is 49.0 Å². The summed E-state index contributed by atoms with van der Waals surface area (Å²) in [5.41, 5.74) is 0.801. The summed E-state index contributed by atoms with van der Waals surface area (Å²) in [6.45, 7) is 21.3. The third-order valence-electron chi connectivity index (χ3n) is 17.4. The molecular weight excluding hydrogens is 690 g/mol. The van der Waals surface area contributed by atoms with Crippen LogP contribution in [-0.2, 0) is 28.5 Å². The van der Waals surface area contributed by atoms with Crippen LogP contribution >= 0.6 is 0 Å². The second-order valence-electron chi connectivity index (χ2n) is 20.6. The van der Waals surface area contributed by atoms with Crippen LogP contribution in [0.15, 0.2) is 11.6 Å². The third kappa shape index (κ3) is 6.24. The van der Waals surface area contributed by atoms with Crippen molar-refractivity contribution in [3.8, 4) is 0 Å². The SMILES string of the molecule is CC1(C)CC[C@]2(C(=O)OCCN3CCOCC3)CC[C@]3(C)C(=CCC4[C@@]5(C)CC[C@H]([C@H](O)[C@@H]6OC(OC=O)[C@@H](O)[C@H](O)C6O)C(C)(C)C5CC[C@]43C)C2C1. The van der Waals surface area contributed by atoms with E-state index in [0.29, 0.717) is 18.9 Å². The number of ether oxygens (including phenoxy) is 4. The van der Waals surface area contributed by atoms with Gasteiger partial charge in [0.25, 0.3) is 6.47 Å². The molecule has 0 spiro atoms. The molecule has 0 aromatic rings. The minimum atomic E-state index is -1.62. The van der Waals surface area contributed by atoms with E-state index in [1.54, 1.807) is 0 Å². The van der Waals surface area contributed by atoms with Crippen LogP contribution in [0, 0.1) is 56.2 Å². The molecule has 5 unspecified atom stereocenters. The van der Waals surface area contributed by atoms with Crippen molar-refractivity contribution in [1.82, 2.24) is 4.90 Å². The Morgan fingerprint density at radius 1 is 0.926 bits per heavy atom. The number of esters is 1. The van der Waals surface area contributed by atoms with Crippen LogP contribution in [0.25, 0.3) is 0 Å². The van der Waals surface area contributed by atoms with Crippen molar-refractivity contribution >= 4 is 12.4 Å². The van der Waals surface area contributed by atoms with Crippen molar-refractivity contribution in [2.24, 2.45) is 56.2 Å². The molecule has 2 saturated heterocycles. The van der Waals surface area contributed by atoms with E-state index in [0.717, 1.165) is 90.6 Å². The Labute approximate surface area is 322 Å². The number of nitrogens with zero attached hydrogens (tertiary/aromatic N) is 1. The first-order chi connectivity index (χ1) is 25.4. The zero-order chi connectivity index (χ0) is 39.1. The van der Waals surface area contributed by atoms with Crippen LogP contribution in [0.2, 0.25) is 0 Å². The highest BCUT2D eigenvalue weighted by Crippen LogP contribution is 2.76. The summed E-state index contributed by atoms with van der Waals surface area (Å²) in [4.78, 5) is 27.8. The normalized spacial score (nSPS) is 47.8. The fraction of sp³-hybridized carbons (Fsp3) is 0.907. The van der Waals surface area contributed by atoms with Gasteiger partial charge in [-0.2, -0.15) is 0 Å². The summed E-state index contributed by atoms with van der Waals surface area (Å²) < 4.78 is 22.4. The first-order valence-corrected chi connectivity index (χ1v) is 21.0. The molecular formula is C43H69NO10. The average Bonchev–Trinajstić information content (AvgIpc) is 3.12. The van der Waals surface area contributed by atoms with Crippen molar-refractivity contribution in [2.75, 3.05) is 39.5 Å². The lowest BCUT2D eigenvalue weighted by Crippen LogP contribution is -2.67. The second-order valence-corrected chi connectivity index (χ2v) is 20.6. The number of hydrogen-bond donors (Lipinski definition) is 4. The van der Waals surface area contributed by atoms with Gasteiger partial charge in [0.2, 0.25) is 6.29 Å². The van der Waals surface area contributed by atoms with Crippen LogP contribution < -0.4 is 0 Å². The molecule has 7 aliphatic rings. The van der Waals surface area contributed by atoms with E-state index in [4.69, 9.17) is 18.9 Å². The highest BCUT2D eigenvalue weighted by Gasteiger charge is 2.70. The van der Waals surface area contributed by atoms with Crippen LogP contribution in [0.4, 0.5) is 0 Å². The maximum Gasteiger partial charge on any atom is 0.312 e. The third-order valence-corrected chi connectivity index (χ3v) is 17.4. The van der Waals surface area contributed by atoms with E-state index in [2.05, 4.69) is 59.4 Å². The van der Waals surface area contributed by atoms with Gasteiger partial charge in [-0.05, 0) is 115 Å². The van der Waals surface area contributed by atoms with E-state index in [1.165, 1.54) is 5.57 Å². The number of carbonyl (C=O) groups excluding carboxylic acids is 2. The number of rotatable bonds is 8. The van der Waals surface area contributed by atoms with Gasteiger partial charge in [-0.3, -0.25) is 14.5 Å². The van der Waals surface area contributed by atoms with Crippen molar-refractivity contribution in [3.63, 3.8) is 0 Å². The van der Waals surface area contributed by atoms with Crippen molar-refractivity contribution in [3.05, 3.63) is 11.6 Å². The molecule has 14 atom stereocenters. The second kappa shape index (κ2) is 14.3. The molecule has 54 heavy (non-hydrogen) atoms. The van der Waals surface area contributed by atoms with Crippen molar-refractivity contribution in [1.29, 1.82) is 0 Å². The number of aliphatic hydroxyl groups is 4. The monoisotopic (exact) mass is 759 g/mol. The lowest BCUT2D eigenvalue weighted by molar-refractivity contribution is -0.308. The molecule has 11 heteroatoms. The van der Waals surface area contributed by atoms with Crippen LogP contribution in [0.5, 0.6) is 0 Å². The van der Waals surface area contributed by atoms with Crippen LogP contribution in [0.3, 0.4) is 0 Å². The number of hydrogen-bond acceptors (Lipinski definition) is 11. The summed E-state index contributed by atoms with van der Waals surface area (Å²) >= 11 is 0. The Morgan fingerprint density at radius 2 is 1.63 bits per heavy atom. The average molecular weight is 760 g/mol. The number of carbonyl (C=O) groups is 2. The minimum Gasteiger partial charge on any atom is -0.464 e. The topological polar surface area (TPSA) is 155 Å². The first kappa shape index (κ1) is 40.6. The zero-order valence-corrected chi connectivity index (χ0v) is 33.9. The summed E-state index contributed by atoms with van der Waals surface area (Å²) in [6, 6.07) is 0. The molecule has 11 nitrogen and oxygen atoms in total. The van der Waals surface area contributed by atoms with E-state index >= 15 is 0 Å². The van der Waals surface area contributed by atoms with E-state index in [-0.39, 0.29) is 57.3 Å². The molecule has 306 valence electrons. The molecule has 0 aromatic heterocycles. The predicted molar refractivity (Wildman–Crippen MR) is 201 cm³/mol. The van der Waals surface area contributed by atoms with Crippen LogP contribution in [0.1, 0.15) is 113 Å². The largest absolute Gasteiger partial charge is 0.464 e. The predicted octanol–water partition coefficient (Wildman–Crippen LogP) is 4.62. The van der Waals surface area contributed by atoms with Gasteiger partial charge in [0, 0.05) is 19.6 Å². The molecule has 5 aliphatic carbocycles. The van der Waals surface area contributed by atoms with Gasteiger partial charge in [0.15, 0.2) is 0 Å². The molecule has 0 bridgehead atoms. The van der Waals surface area contributed by atoms with Gasteiger partial charge < -0.3 is 39.4 Å². The van der Waals surface area contributed by atoms with Gasteiger partial charge in [-0.25, -0.2) is 0 Å². The van der Waals surface area contributed by atoms with Crippen molar-refractivity contribution in [2.45, 2.75) is 149 Å². The Balaban J connectivity index is 1.13. The molecule has 0 radical (unpaired) electrons. The summed E-state index contributed by atoms with van der Waals surface area (Å²) in [5.74, 6) is 0.630. The molecule has 6 fully saturated rings. The molecule has 7 rings (SSSR count). The lowest BCUT2D eigenvalue weighted by Gasteiger charge is -2.71. The molecule has 4 N–H and O–H groups in total. The highest BCUT2D eigenvalue weighted by molar-refractivity contribution is 5.78. The maximum absolute atomic E-state index is 14.4. The molecule has 0 amide bonds. The smallest absolute Gasteiger partial charge is 0.312 e. The molecule has 4 saturated carbocycles. The Bertz CT molecular complexity index is 1440. The molecule has 2 heterocycles. The molecule has 2 aliphatic heterocycles. The Kier molecular flexibility index (Phi) is 10.8. The summed E-state index contributed by atoms with van der Waals surface area (Å²) in [5, 5.41) is 43.8. The zero-order valence-electron chi connectivity index (χ0n) is 33.9. The molecule has 0 aromatic carbocycles. The van der Waals surface area contributed by atoms with Crippen LogP contribution in [-0.4, -0.2) is 114 Å². The fourth-order valence-electron chi connectivity index (χ4n) is 14.0. The fourth-order valence-corrected chi connectivity index (χ4v) is 14.0. The van der Waals surface area contributed by atoms with E-state index in [9.17, 15) is 30.0 Å². The Morgan fingerprint density at radius 3 is 2.33 bits per heavy atom. The number of fused-ring (bicyclic) bond motifs is 7. The van der Waals surface area contributed by atoms with Gasteiger partial charge in [0.05, 0.1) is 24.7 Å². The summed E-state index contributed by atoms with van der Waals surface area (Å²) in [7, 11) is 0. The maximum atomic E-state index is 14.4. The number of aliphatic hydroxyl groups excluding tert-OH is 4. The highest BCUT2D eigenvalue weighted by atomic mass is 16.7. The minimum absolute atomic E-state index is 0.0124. The van der Waals surface area contributed by atoms with Gasteiger partial charge in [0.1, 0.15) is 31.0 Å². The van der Waals surface area contributed by atoms with E-state index < -0.39 is 42.2 Å². The van der Waals surface area contributed by atoms with Gasteiger partial charge in [-0.15, -0.1) is 0 Å². The first-order valence-electron chi connectivity index (χ1n) is 21.0. The Hall–Kier alpha value is -1.60. The van der Waals surface area contributed by atoms with E-state index in [1.807, 2.05) is 0 Å².